The van der Waals surface area contributed by atoms with Gasteiger partial charge in [-0.25, -0.2) is 4.79 Å². The SMILES string of the molecule is COC(=O)c1ccc(C(O)C(O)CO)s1. The Bertz CT molecular complexity index is 335. The molecule has 0 bridgehead atoms. The Morgan fingerprint density at radius 3 is 2.73 bits per heavy atom. The van der Waals surface area contributed by atoms with Crippen LogP contribution in [0.25, 0.3) is 0 Å². The van der Waals surface area contributed by atoms with E-state index in [0.29, 0.717) is 9.75 Å². The molecule has 0 aliphatic heterocycles. The third kappa shape index (κ3) is 2.75. The number of aliphatic hydroxyl groups is 3. The van der Waals surface area contributed by atoms with Crippen molar-refractivity contribution < 1.29 is 24.9 Å². The lowest BCUT2D eigenvalue weighted by Crippen LogP contribution is -2.21. The van der Waals surface area contributed by atoms with Crippen LogP contribution < -0.4 is 0 Å². The average molecular weight is 232 g/mol. The summed E-state index contributed by atoms with van der Waals surface area (Å²) in [4.78, 5) is 11.8. The predicted octanol–water partition coefficient (Wildman–Crippen LogP) is -0.0787. The van der Waals surface area contributed by atoms with Crippen molar-refractivity contribution in [2.24, 2.45) is 0 Å². The molecule has 15 heavy (non-hydrogen) atoms. The molecule has 0 spiro atoms. The molecule has 0 fully saturated rings. The van der Waals surface area contributed by atoms with Crippen LogP contribution in [-0.2, 0) is 4.74 Å². The second-order valence-electron chi connectivity index (χ2n) is 2.89. The van der Waals surface area contributed by atoms with Crippen molar-refractivity contribution in [1.82, 2.24) is 0 Å². The summed E-state index contributed by atoms with van der Waals surface area (Å²) in [6.07, 6.45) is -2.42. The highest BCUT2D eigenvalue weighted by molar-refractivity contribution is 7.14. The predicted molar refractivity (Wildman–Crippen MR) is 53.7 cm³/mol. The fourth-order valence-electron chi connectivity index (χ4n) is 1.01. The van der Waals surface area contributed by atoms with E-state index >= 15 is 0 Å². The summed E-state index contributed by atoms with van der Waals surface area (Å²) < 4.78 is 4.49. The van der Waals surface area contributed by atoms with Gasteiger partial charge in [-0.2, -0.15) is 0 Å². The van der Waals surface area contributed by atoms with E-state index in [1.165, 1.54) is 19.2 Å². The van der Waals surface area contributed by atoms with Crippen molar-refractivity contribution in [3.8, 4) is 0 Å². The van der Waals surface area contributed by atoms with Gasteiger partial charge in [-0.1, -0.05) is 0 Å². The zero-order valence-electron chi connectivity index (χ0n) is 8.08. The Kier molecular flexibility index (Phi) is 4.22. The number of rotatable bonds is 4. The fourth-order valence-corrected chi connectivity index (χ4v) is 1.98. The van der Waals surface area contributed by atoms with Gasteiger partial charge in [-0.05, 0) is 12.1 Å². The van der Waals surface area contributed by atoms with Crippen LogP contribution in [0.5, 0.6) is 0 Å². The summed E-state index contributed by atoms with van der Waals surface area (Å²) in [5, 5.41) is 27.3. The van der Waals surface area contributed by atoms with Crippen LogP contribution in [0.2, 0.25) is 0 Å². The van der Waals surface area contributed by atoms with Gasteiger partial charge in [0.2, 0.25) is 0 Å². The van der Waals surface area contributed by atoms with E-state index in [1.54, 1.807) is 0 Å². The Morgan fingerprint density at radius 1 is 1.53 bits per heavy atom. The van der Waals surface area contributed by atoms with Crippen LogP contribution in [0.15, 0.2) is 12.1 Å². The van der Waals surface area contributed by atoms with E-state index in [0.717, 1.165) is 11.3 Å². The Balaban J connectivity index is 2.79. The minimum absolute atomic E-state index is 0.344. The second-order valence-corrected chi connectivity index (χ2v) is 4.00. The van der Waals surface area contributed by atoms with Gasteiger partial charge in [0, 0.05) is 4.88 Å². The lowest BCUT2D eigenvalue weighted by Gasteiger charge is -2.13. The second kappa shape index (κ2) is 5.22. The van der Waals surface area contributed by atoms with Gasteiger partial charge >= 0.3 is 5.97 Å². The summed E-state index contributed by atoms with van der Waals surface area (Å²) in [5.74, 6) is -0.489. The van der Waals surface area contributed by atoms with Crippen LogP contribution in [0.4, 0.5) is 0 Å². The average Bonchev–Trinajstić information content (AvgIpc) is 2.75. The topological polar surface area (TPSA) is 87.0 Å². The minimum Gasteiger partial charge on any atom is -0.465 e. The number of thiophene rings is 1. The van der Waals surface area contributed by atoms with Crippen molar-refractivity contribution in [2.45, 2.75) is 12.2 Å². The third-order valence-corrected chi connectivity index (χ3v) is 2.99. The van der Waals surface area contributed by atoms with Crippen molar-refractivity contribution in [3.05, 3.63) is 21.9 Å². The molecule has 84 valence electrons. The quantitative estimate of drug-likeness (QED) is 0.632. The van der Waals surface area contributed by atoms with Crippen molar-refractivity contribution in [1.29, 1.82) is 0 Å². The highest BCUT2D eigenvalue weighted by Gasteiger charge is 2.20. The van der Waals surface area contributed by atoms with Gasteiger partial charge in [0.05, 0.1) is 13.7 Å². The van der Waals surface area contributed by atoms with Crippen molar-refractivity contribution in [3.63, 3.8) is 0 Å². The maximum absolute atomic E-state index is 11.1. The molecule has 0 amide bonds. The summed E-state index contributed by atoms with van der Waals surface area (Å²) >= 11 is 1.02. The van der Waals surface area contributed by atoms with Crippen LogP contribution in [0.1, 0.15) is 20.7 Å². The molecule has 5 nitrogen and oxygen atoms in total. The van der Waals surface area contributed by atoms with Crippen LogP contribution >= 0.6 is 11.3 Å². The molecule has 0 radical (unpaired) electrons. The molecule has 6 heteroatoms. The zero-order chi connectivity index (χ0) is 11.4. The first-order valence-corrected chi connectivity index (χ1v) is 5.06. The summed E-state index contributed by atoms with van der Waals surface area (Å²) in [7, 11) is 1.26. The Labute approximate surface area is 90.6 Å². The molecule has 2 unspecified atom stereocenters. The first-order valence-electron chi connectivity index (χ1n) is 4.25. The maximum atomic E-state index is 11.1. The molecule has 0 aliphatic rings. The molecule has 0 aliphatic carbocycles. The molecule has 1 aromatic rings. The highest BCUT2D eigenvalue weighted by atomic mass is 32.1. The molecule has 0 aromatic carbocycles. The van der Waals surface area contributed by atoms with Crippen LogP contribution in [-0.4, -0.2) is 41.1 Å². The normalized spacial score (nSPS) is 14.7. The number of hydrogen-bond acceptors (Lipinski definition) is 6. The van der Waals surface area contributed by atoms with E-state index in [9.17, 15) is 15.0 Å². The number of esters is 1. The van der Waals surface area contributed by atoms with E-state index in [2.05, 4.69) is 4.74 Å². The molecule has 2 atom stereocenters. The minimum atomic E-state index is -1.24. The Morgan fingerprint density at radius 2 is 2.20 bits per heavy atom. The van der Waals surface area contributed by atoms with Crippen molar-refractivity contribution in [2.75, 3.05) is 13.7 Å². The highest BCUT2D eigenvalue weighted by Crippen LogP contribution is 2.25. The first kappa shape index (κ1) is 12.1. The van der Waals surface area contributed by atoms with E-state index in [1.807, 2.05) is 0 Å². The van der Waals surface area contributed by atoms with Crippen LogP contribution in [0, 0.1) is 0 Å². The van der Waals surface area contributed by atoms with Crippen LogP contribution in [0.3, 0.4) is 0 Å². The van der Waals surface area contributed by atoms with Gasteiger partial charge < -0.3 is 20.1 Å². The zero-order valence-corrected chi connectivity index (χ0v) is 8.90. The number of hydrogen-bond donors (Lipinski definition) is 3. The fraction of sp³-hybridized carbons (Fsp3) is 0.444. The molecule has 1 heterocycles. The van der Waals surface area contributed by atoms with Gasteiger partial charge in [0.15, 0.2) is 0 Å². The van der Waals surface area contributed by atoms with Gasteiger partial charge in [-0.3, -0.25) is 0 Å². The van der Waals surface area contributed by atoms with E-state index < -0.39 is 24.8 Å². The lowest BCUT2D eigenvalue weighted by molar-refractivity contribution is -0.0135. The molecule has 0 saturated heterocycles. The van der Waals surface area contributed by atoms with Gasteiger partial charge in [0.1, 0.15) is 17.1 Å². The van der Waals surface area contributed by atoms with E-state index in [-0.39, 0.29) is 0 Å². The summed E-state index contributed by atoms with van der Waals surface area (Å²) in [5.41, 5.74) is 0. The smallest absolute Gasteiger partial charge is 0.348 e. The monoisotopic (exact) mass is 232 g/mol. The van der Waals surface area contributed by atoms with E-state index in [4.69, 9.17) is 5.11 Å². The molecular weight excluding hydrogens is 220 g/mol. The molecular formula is C9H12O5S. The van der Waals surface area contributed by atoms with Gasteiger partial charge in [0.25, 0.3) is 0 Å². The van der Waals surface area contributed by atoms with Crippen molar-refractivity contribution >= 4 is 17.3 Å². The van der Waals surface area contributed by atoms with Gasteiger partial charge in [-0.15, -0.1) is 11.3 Å². The standard InChI is InChI=1S/C9H12O5S/c1-14-9(13)7-3-2-6(15-7)8(12)5(11)4-10/h2-3,5,8,10-12H,4H2,1H3. The molecule has 0 saturated carbocycles. The first-order chi connectivity index (χ1) is 7.10. The third-order valence-electron chi connectivity index (χ3n) is 1.86. The molecule has 1 aromatic heterocycles. The molecule has 3 N–H and O–H groups in total. The number of carbonyl (C=O) groups is 1. The summed E-state index contributed by atoms with van der Waals surface area (Å²) in [6.45, 7) is -0.535. The summed E-state index contributed by atoms with van der Waals surface area (Å²) in [6, 6.07) is 3.01. The number of aliphatic hydroxyl groups excluding tert-OH is 3. The largest absolute Gasteiger partial charge is 0.465 e. The number of methoxy groups -OCH3 is 1. The maximum Gasteiger partial charge on any atom is 0.348 e. The number of carbonyl (C=O) groups excluding carboxylic acids is 1. The lowest BCUT2D eigenvalue weighted by atomic mass is 10.2. The number of ether oxygens (including phenoxy) is 1. The molecule has 1 rings (SSSR count). The Hall–Kier alpha value is -0.950.